The number of ether oxygens (including phenoxy) is 1. The molecule has 8 heteroatoms. The Balaban J connectivity index is 1.40. The summed E-state index contributed by atoms with van der Waals surface area (Å²) in [4.78, 5) is 15.7. The van der Waals surface area contributed by atoms with Crippen LogP contribution < -0.4 is 14.4 Å². The largest absolute Gasteiger partial charge is 0.593 e. The molecule has 1 fully saturated rings. The van der Waals surface area contributed by atoms with Gasteiger partial charge in [0.25, 0.3) is 5.91 Å². The number of hydrogen-bond donors (Lipinski definition) is 2. The Morgan fingerprint density at radius 2 is 2.05 bits per heavy atom. The molecule has 214 valence electrons. The number of anilines is 1. The quantitative estimate of drug-likeness (QED) is 0.313. The van der Waals surface area contributed by atoms with Crippen molar-refractivity contribution < 1.29 is 19.2 Å². The molecular weight excluding hydrogens is 544 g/mol. The van der Waals surface area contributed by atoms with Crippen LogP contribution in [0.25, 0.3) is 0 Å². The molecule has 40 heavy (non-hydrogen) atoms. The molecule has 1 saturated carbocycles. The molecule has 7 atom stereocenters. The average molecular weight is 583 g/mol. The van der Waals surface area contributed by atoms with Crippen molar-refractivity contribution in [1.82, 2.24) is 4.72 Å². The minimum atomic E-state index is -1.53. The zero-order valence-corrected chi connectivity index (χ0v) is 24.8. The Morgan fingerprint density at radius 1 is 1.20 bits per heavy atom. The molecule has 5 unspecified atom stereocenters. The number of rotatable bonds is 0. The van der Waals surface area contributed by atoms with Crippen molar-refractivity contribution in [3.05, 3.63) is 70.3 Å². The van der Waals surface area contributed by atoms with Crippen molar-refractivity contribution in [2.45, 2.75) is 69.1 Å². The number of hydrogen-bond acceptors (Lipinski definition) is 5. The van der Waals surface area contributed by atoms with Crippen LogP contribution in [0.15, 0.2) is 48.6 Å². The van der Waals surface area contributed by atoms with E-state index in [0.29, 0.717) is 24.5 Å². The highest BCUT2D eigenvalue weighted by Crippen LogP contribution is 2.46. The molecule has 2 aromatic carbocycles. The zero-order valence-electron chi connectivity index (χ0n) is 23.3. The molecule has 1 spiro atoms. The van der Waals surface area contributed by atoms with E-state index in [9.17, 15) is 14.5 Å². The van der Waals surface area contributed by atoms with Crippen LogP contribution in [0, 0.1) is 17.8 Å². The highest BCUT2D eigenvalue weighted by Gasteiger charge is 2.44. The lowest BCUT2D eigenvalue weighted by molar-refractivity contribution is 0.0456. The number of fused-ring (bicyclic) bond motifs is 4. The maximum absolute atomic E-state index is 13.3. The van der Waals surface area contributed by atoms with Gasteiger partial charge in [0.15, 0.2) is 0 Å². The summed E-state index contributed by atoms with van der Waals surface area (Å²) < 4.78 is 22.3. The van der Waals surface area contributed by atoms with E-state index in [0.717, 1.165) is 61.7 Å². The number of carbonyl (C=O) groups is 1. The molecule has 1 amide bonds. The molecule has 2 bridgehead atoms. The molecule has 2 N–H and O–H groups in total. The molecule has 4 aliphatic rings. The number of nitrogens with zero attached hydrogens (tertiary/aromatic N) is 1. The molecular formula is C32H39ClN2O4S. The van der Waals surface area contributed by atoms with Gasteiger partial charge in [-0.1, -0.05) is 36.7 Å². The fourth-order valence-corrected chi connectivity index (χ4v) is 8.24. The summed E-state index contributed by atoms with van der Waals surface area (Å²) in [5, 5.41) is 11.6. The van der Waals surface area contributed by atoms with E-state index in [4.69, 9.17) is 16.3 Å². The first-order valence-electron chi connectivity index (χ1n) is 14.6. The summed E-state index contributed by atoms with van der Waals surface area (Å²) in [5.41, 5.74) is 3.75. The summed E-state index contributed by atoms with van der Waals surface area (Å²) in [5.74, 6) is 1.05. The smallest absolute Gasteiger partial charge is 0.292 e. The summed E-state index contributed by atoms with van der Waals surface area (Å²) in [6.45, 7) is 6.02. The lowest BCUT2D eigenvalue weighted by Gasteiger charge is -2.45. The highest BCUT2D eigenvalue weighted by atomic mass is 35.5. The molecule has 2 aliphatic carbocycles. The Morgan fingerprint density at radius 3 is 2.85 bits per heavy atom. The minimum Gasteiger partial charge on any atom is -0.593 e. The number of amides is 1. The molecule has 6 rings (SSSR count). The molecule has 0 radical (unpaired) electrons. The first-order chi connectivity index (χ1) is 19.2. The van der Waals surface area contributed by atoms with Crippen molar-refractivity contribution in [3.8, 4) is 5.75 Å². The number of aliphatic hydroxyl groups is 1. The van der Waals surface area contributed by atoms with Crippen molar-refractivity contribution in [3.63, 3.8) is 0 Å². The topological polar surface area (TPSA) is 84.9 Å². The van der Waals surface area contributed by atoms with Gasteiger partial charge in [-0.05, 0) is 98.7 Å². The second-order valence-corrected chi connectivity index (χ2v) is 14.3. The summed E-state index contributed by atoms with van der Waals surface area (Å²) in [6, 6.07) is 11.8. The maximum Gasteiger partial charge on any atom is 0.292 e. The fourth-order valence-electron chi connectivity index (χ4n) is 7.03. The number of nitrogens with one attached hydrogen (secondary N) is 1. The van der Waals surface area contributed by atoms with E-state index in [1.165, 1.54) is 11.1 Å². The molecule has 0 aromatic heterocycles. The van der Waals surface area contributed by atoms with E-state index in [1.54, 1.807) is 6.07 Å². The number of halogens is 1. The number of carbonyl (C=O) groups excluding carboxylic acids is 1. The van der Waals surface area contributed by atoms with E-state index in [2.05, 4.69) is 21.8 Å². The Bertz CT molecular complexity index is 1300. The molecule has 2 heterocycles. The van der Waals surface area contributed by atoms with Gasteiger partial charge in [-0.25, -0.2) is 0 Å². The van der Waals surface area contributed by atoms with E-state index >= 15 is 0 Å². The third-order valence-electron chi connectivity index (χ3n) is 9.84. The lowest BCUT2D eigenvalue weighted by Crippen LogP contribution is -2.49. The third-order valence-corrected chi connectivity index (χ3v) is 11.6. The van der Waals surface area contributed by atoms with Crippen LogP contribution in [0.2, 0.25) is 5.02 Å². The van der Waals surface area contributed by atoms with Crippen LogP contribution in [0.4, 0.5) is 5.69 Å². The van der Waals surface area contributed by atoms with E-state index in [1.807, 2.05) is 44.2 Å². The zero-order chi connectivity index (χ0) is 28.0. The van der Waals surface area contributed by atoms with Crippen LogP contribution >= 0.6 is 11.6 Å². The predicted molar refractivity (Wildman–Crippen MR) is 160 cm³/mol. The number of aryl methyl sites for hydroxylation is 1. The number of aliphatic hydroxyl groups excluding tert-OH is 1. The van der Waals surface area contributed by atoms with Gasteiger partial charge in [0, 0.05) is 35.0 Å². The van der Waals surface area contributed by atoms with E-state index in [-0.39, 0.29) is 28.4 Å². The summed E-state index contributed by atoms with van der Waals surface area (Å²) in [6.07, 6.45) is 9.28. The minimum absolute atomic E-state index is 0.0926. The highest BCUT2D eigenvalue weighted by molar-refractivity contribution is 7.90. The first kappa shape index (κ1) is 28.0. The summed E-state index contributed by atoms with van der Waals surface area (Å²) in [7, 11) is 0. The van der Waals surface area contributed by atoms with Gasteiger partial charge >= 0.3 is 0 Å². The van der Waals surface area contributed by atoms with Gasteiger partial charge in [0.2, 0.25) is 0 Å². The van der Waals surface area contributed by atoms with Gasteiger partial charge in [0.1, 0.15) is 11.0 Å². The van der Waals surface area contributed by atoms with Crippen molar-refractivity contribution >= 4 is 34.6 Å². The van der Waals surface area contributed by atoms with Gasteiger partial charge in [-0.3, -0.25) is 4.79 Å². The predicted octanol–water partition coefficient (Wildman–Crippen LogP) is 5.58. The molecule has 0 saturated heterocycles. The maximum atomic E-state index is 13.3. The van der Waals surface area contributed by atoms with Crippen molar-refractivity contribution in [2.75, 3.05) is 24.6 Å². The standard InChI is InChI=1S/C32H39ClN2O4S/c1-20-5-3-7-29(36)26-11-8-24(26)17-35-18-32(14-4-6-22-15-25(33)10-12-27(22)32)19-39-30-13-9-23(16-28(30)35)31(37)34-40(38)21(20)2/h3,7,9-10,12-13,15-16,20-21,24,26,29,36H,4-6,8,11,14,17-19H2,1-2H3,(H,34,37)/b7-3+/t20-,21?,24?,26-,29?,32?,40?/m1/s1. The molecule has 2 aliphatic heterocycles. The SMILES string of the molecule is CC1[C@H](C)C/C=C/C(O)[C@@H]2CCC2CN2CC3(CCCc4cc(Cl)ccc43)COc3ccc(cc32)C(=O)N[S+]1[O-]. The summed E-state index contributed by atoms with van der Waals surface area (Å²) >= 11 is 4.86. The first-order valence-corrected chi connectivity index (χ1v) is 16.2. The monoisotopic (exact) mass is 582 g/mol. The Labute approximate surface area is 245 Å². The molecule has 6 nitrogen and oxygen atoms in total. The number of benzene rings is 2. The van der Waals surface area contributed by atoms with Crippen LogP contribution in [0.3, 0.4) is 0 Å². The van der Waals surface area contributed by atoms with Crippen molar-refractivity contribution in [2.24, 2.45) is 17.8 Å². The van der Waals surface area contributed by atoms with Crippen LogP contribution in [0.1, 0.15) is 67.4 Å². The Kier molecular flexibility index (Phi) is 7.85. The molecule has 2 aromatic rings. The second-order valence-electron chi connectivity index (χ2n) is 12.4. The second kappa shape index (κ2) is 11.2. The van der Waals surface area contributed by atoms with Crippen LogP contribution in [-0.4, -0.2) is 46.6 Å². The number of allylic oxidation sites excluding steroid dienone is 1. The van der Waals surface area contributed by atoms with Gasteiger partial charge in [0.05, 0.1) is 29.8 Å². The average Bonchev–Trinajstić information content (AvgIpc) is 3.07. The normalized spacial score (nSPS) is 34.9. The Hall–Kier alpha value is -2.19. The van der Waals surface area contributed by atoms with E-state index < -0.39 is 17.5 Å². The lowest BCUT2D eigenvalue weighted by atomic mass is 9.68. The van der Waals surface area contributed by atoms with Crippen molar-refractivity contribution in [1.29, 1.82) is 0 Å². The van der Waals surface area contributed by atoms with Gasteiger partial charge in [-0.15, -0.1) is 0 Å². The van der Waals surface area contributed by atoms with Crippen LogP contribution in [-0.2, 0) is 23.2 Å². The van der Waals surface area contributed by atoms with Crippen LogP contribution in [0.5, 0.6) is 5.75 Å². The fraction of sp³-hybridized carbons (Fsp3) is 0.531. The third kappa shape index (κ3) is 5.26. The van der Waals surface area contributed by atoms with Gasteiger partial charge in [-0.2, -0.15) is 4.72 Å². The van der Waals surface area contributed by atoms with Gasteiger partial charge < -0.3 is 19.3 Å².